The molecular formula is C38H45IN5O-. The number of carbonyl (C=O) groups excluding carboxylic acids is 1. The van der Waals surface area contributed by atoms with Crippen molar-refractivity contribution < 1.29 is 26.0 Å². The number of carbonyl (C=O) groups is 1. The molecule has 2 unspecified atom stereocenters. The molecular weight excluding hydrogens is 669 g/mol. The van der Waals surface area contributed by atoms with Gasteiger partial charge in [-0.1, -0.05) is 37.6 Å². The molecule has 0 radical (unpaired) electrons. The second kappa shape index (κ2) is 14.2. The summed E-state index contributed by atoms with van der Waals surface area (Å²) in [4.78, 5) is 21.1. The molecule has 6 rings (SSSR count). The monoisotopic (exact) mass is 714 g/mol. The van der Waals surface area contributed by atoms with Gasteiger partial charge >= 0.3 is 157 Å². The Morgan fingerprint density at radius 1 is 1.09 bits per heavy atom. The Bertz CT molecular complexity index is 1650. The fraction of sp³-hybridized carbons (Fsp3) is 0.368. The third-order valence-corrected chi connectivity index (χ3v) is 11.4. The number of aromatic amines is 1. The van der Waals surface area contributed by atoms with E-state index in [1.54, 1.807) is 0 Å². The summed E-state index contributed by atoms with van der Waals surface area (Å²) in [6, 6.07) is 4.83. The fourth-order valence-electron chi connectivity index (χ4n) is 6.43. The van der Waals surface area contributed by atoms with Gasteiger partial charge in [-0.3, -0.25) is 0 Å². The van der Waals surface area contributed by atoms with E-state index in [1.807, 2.05) is 13.0 Å². The molecule has 236 valence electrons. The molecule has 3 aliphatic heterocycles. The first-order chi connectivity index (χ1) is 21.9. The molecule has 7 heteroatoms. The van der Waals surface area contributed by atoms with Crippen LogP contribution in [0.1, 0.15) is 83.0 Å². The predicted molar refractivity (Wildman–Crippen MR) is 182 cm³/mol. The molecule has 1 aromatic heterocycles. The van der Waals surface area contributed by atoms with Crippen LogP contribution in [0.25, 0.3) is 11.1 Å². The Morgan fingerprint density at radius 3 is 2.58 bits per heavy atom. The topological polar surface area (TPSA) is 95.3 Å². The summed E-state index contributed by atoms with van der Waals surface area (Å²) in [5.41, 5.74) is 18.8. The normalized spacial score (nSPS) is 24.5. The Kier molecular flexibility index (Phi) is 9.93. The van der Waals surface area contributed by atoms with Crippen LogP contribution < -0.4 is 37.6 Å². The van der Waals surface area contributed by atoms with Gasteiger partial charge in [0.15, 0.2) is 0 Å². The van der Waals surface area contributed by atoms with E-state index in [0.717, 1.165) is 92.8 Å². The minimum atomic E-state index is -0.0551. The van der Waals surface area contributed by atoms with E-state index in [4.69, 9.17) is 5.73 Å². The molecule has 0 spiro atoms. The van der Waals surface area contributed by atoms with Gasteiger partial charge < -0.3 is 11.1 Å². The van der Waals surface area contributed by atoms with E-state index in [9.17, 15) is 4.79 Å². The van der Waals surface area contributed by atoms with E-state index < -0.39 is 0 Å². The van der Waals surface area contributed by atoms with Crippen LogP contribution in [0.2, 0.25) is 0 Å². The van der Waals surface area contributed by atoms with Crippen LogP contribution in [0.5, 0.6) is 0 Å². The third-order valence-electron chi connectivity index (χ3n) is 9.10. The van der Waals surface area contributed by atoms with Crippen molar-refractivity contribution in [1.29, 1.82) is 0 Å². The Hall–Kier alpha value is -3.59. The summed E-state index contributed by atoms with van der Waals surface area (Å²) >= 11 is 0.0330. The molecule has 0 bridgehead atoms. The van der Waals surface area contributed by atoms with Crippen molar-refractivity contribution in [2.24, 2.45) is 16.6 Å². The van der Waals surface area contributed by atoms with Crippen LogP contribution >= 0.6 is 0 Å². The first-order valence-electron chi connectivity index (χ1n) is 16.4. The van der Waals surface area contributed by atoms with E-state index >= 15 is 0 Å². The number of rotatable bonds is 11. The van der Waals surface area contributed by atoms with Crippen LogP contribution in [-0.4, -0.2) is 29.2 Å². The fourth-order valence-corrected chi connectivity index (χ4v) is 7.96. The van der Waals surface area contributed by atoms with Gasteiger partial charge in [-0.25, -0.2) is 0 Å². The number of amides is 1. The SMILES string of the molecule is C=C(CCC)CCC1CC=C(C(=C2C=CC(=NC(=O)C(C)C3=C[I-]3)CC2)c2ccc(C(C3=CC=C(N)CC3)=C3C=CCN3)[nH]2)N1. The van der Waals surface area contributed by atoms with Crippen molar-refractivity contribution in [2.45, 2.75) is 77.7 Å². The summed E-state index contributed by atoms with van der Waals surface area (Å²) in [7, 11) is 0. The van der Waals surface area contributed by atoms with Crippen molar-refractivity contribution >= 4 is 22.8 Å². The molecule has 0 aromatic carbocycles. The van der Waals surface area contributed by atoms with Crippen LogP contribution in [0.4, 0.5) is 0 Å². The quantitative estimate of drug-likeness (QED) is 0.201. The van der Waals surface area contributed by atoms with Gasteiger partial charge in [-0.05, 0) is 49.8 Å². The number of aliphatic imine (C=N–C) groups is 1. The van der Waals surface area contributed by atoms with Gasteiger partial charge in [0.25, 0.3) is 0 Å². The minimum absolute atomic E-state index is 0.00353. The molecule has 1 aromatic rings. The van der Waals surface area contributed by atoms with Gasteiger partial charge in [0.1, 0.15) is 0 Å². The van der Waals surface area contributed by atoms with Gasteiger partial charge in [0, 0.05) is 23.5 Å². The second-order valence-electron chi connectivity index (χ2n) is 12.5. The molecule has 2 atom stereocenters. The number of nitrogens with zero attached hydrogens (tertiary/aromatic N) is 1. The van der Waals surface area contributed by atoms with E-state index in [2.05, 4.69) is 86.8 Å². The number of halogens is 1. The molecule has 6 nitrogen and oxygen atoms in total. The van der Waals surface area contributed by atoms with Crippen LogP contribution in [0.15, 0.2) is 108 Å². The molecule has 1 amide bonds. The van der Waals surface area contributed by atoms with Gasteiger partial charge in [0.05, 0.1) is 0 Å². The average Bonchev–Trinajstić information content (AvgIpc) is 3.36. The summed E-state index contributed by atoms with van der Waals surface area (Å²) < 4.78 is 3.55. The van der Waals surface area contributed by atoms with Crippen molar-refractivity contribution in [2.75, 3.05) is 6.54 Å². The number of hydrogen-bond donors (Lipinski definition) is 4. The predicted octanol–water partition coefficient (Wildman–Crippen LogP) is 4.48. The van der Waals surface area contributed by atoms with E-state index in [0.29, 0.717) is 6.04 Å². The number of H-pyrrole nitrogens is 1. The van der Waals surface area contributed by atoms with Crippen molar-refractivity contribution in [3.05, 3.63) is 114 Å². The van der Waals surface area contributed by atoms with Crippen LogP contribution in [0, 0.1) is 5.92 Å². The Labute approximate surface area is 278 Å². The maximum atomic E-state index is 12.7. The number of aromatic nitrogens is 1. The standard InChI is InChI=1S/C38H45IN5O/c1-4-6-24(2)8-15-29-18-19-33(42-29)37(27-11-16-30(17-12-27)43-38(45)25(3)31-23-39-31)35-21-20-34(44-35)36(32-7-5-22-41-32)26-9-13-28(40)14-10-26/h5,7,9,11,13,16,19-21,23,25,29,41-42,44H,2,4,6,8,10,12,14-15,17-18,22,40H2,1,3H3/q-1. The molecule has 0 fully saturated rings. The summed E-state index contributed by atoms with van der Waals surface area (Å²) in [5, 5.41) is 7.43. The summed E-state index contributed by atoms with van der Waals surface area (Å²) in [5.74, 6) is -0.0587. The summed E-state index contributed by atoms with van der Waals surface area (Å²) in [6.07, 6.45) is 23.9. The van der Waals surface area contributed by atoms with Gasteiger partial charge in [-0.15, -0.1) is 0 Å². The average molecular weight is 715 g/mol. The van der Waals surface area contributed by atoms with Crippen molar-refractivity contribution in [3.8, 4) is 0 Å². The van der Waals surface area contributed by atoms with Gasteiger partial charge in [0.2, 0.25) is 0 Å². The number of nitrogens with one attached hydrogen (secondary N) is 3. The molecule has 2 aliphatic carbocycles. The molecule has 45 heavy (non-hydrogen) atoms. The van der Waals surface area contributed by atoms with Crippen molar-refractivity contribution in [1.82, 2.24) is 15.6 Å². The van der Waals surface area contributed by atoms with Crippen LogP contribution in [0.3, 0.4) is 0 Å². The van der Waals surface area contributed by atoms with Gasteiger partial charge in [-0.2, -0.15) is 0 Å². The van der Waals surface area contributed by atoms with Crippen LogP contribution in [-0.2, 0) is 4.79 Å². The Morgan fingerprint density at radius 2 is 1.91 bits per heavy atom. The zero-order chi connectivity index (χ0) is 31.3. The maximum absolute atomic E-state index is 12.7. The second-order valence-corrected chi connectivity index (χ2v) is 15.0. The number of hydrogen-bond acceptors (Lipinski definition) is 4. The first kappa shape index (κ1) is 31.4. The van der Waals surface area contributed by atoms with E-state index in [-0.39, 0.29) is 33.0 Å². The summed E-state index contributed by atoms with van der Waals surface area (Å²) in [6.45, 7) is 9.34. The molecule has 5 N–H and O–H groups in total. The zero-order valence-corrected chi connectivity index (χ0v) is 28.7. The number of nitrogens with two attached hydrogens (primary N) is 1. The first-order valence-corrected chi connectivity index (χ1v) is 18.7. The van der Waals surface area contributed by atoms with E-state index in [1.165, 1.54) is 37.1 Å². The Balaban J connectivity index is 1.31. The molecule has 0 saturated heterocycles. The zero-order valence-electron chi connectivity index (χ0n) is 26.5. The third kappa shape index (κ3) is 7.63. The number of allylic oxidation sites excluding steroid dienone is 11. The molecule has 0 saturated carbocycles. The molecule has 5 aliphatic rings. The van der Waals surface area contributed by atoms with Crippen molar-refractivity contribution in [3.63, 3.8) is 0 Å². The molecule has 4 heterocycles.